The Morgan fingerprint density at radius 2 is 2.11 bits per heavy atom. The average molecular weight is 275 g/mol. The van der Waals surface area contributed by atoms with Gasteiger partial charge in [-0.05, 0) is 25.5 Å². The summed E-state index contributed by atoms with van der Waals surface area (Å²) in [7, 11) is 1.90. The number of imidazole rings is 1. The molecule has 0 aliphatic carbocycles. The fraction of sp³-hybridized carbons (Fsp3) is 0.286. The van der Waals surface area contributed by atoms with E-state index >= 15 is 0 Å². The van der Waals surface area contributed by atoms with Crippen molar-refractivity contribution >= 4 is 22.6 Å². The molecule has 5 heteroatoms. The molecule has 0 bridgehead atoms. The standard InChI is InChI=1S/C14H15ClN4/c1-9-5-4-6-12-13(9)19(14(17-12)10(2)15)11-7-16-18(3)8-11/h4-8,10H,1-3H3. The minimum atomic E-state index is -0.160. The first-order valence-corrected chi connectivity index (χ1v) is 6.62. The summed E-state index contributed by atoms with van der Waals surface area (Å²) in [5.74, 6) is 0.846. The van der Waals surface area contributed by atoms with Gasteiger partial charge in [0.2, 0.25) is 0 Å². The number of halogens is 1. The maximum absolute atomic E-state index is 6.28. The quantitative estimate of drug-likeness (QED) is 0.672. The summed E-state index contributed by atoms with van der Waals surface area (Å²) in [6.45, 7) is 4.02. The van der Waals surface area contributed by atoms with Crippen LogP contribution in [0.4, 0.5) is 0 Å². The number of rotatable bonds is 2. The van der Waals surface area contributed by atoms with Gasteiger partial charge in [0.1, 0.15) is 5.82 Å². The van der Waals surface area contributed by atoms with Gasteiger partial charge in [-0.2, -0.15) is 5.10 Å². The number of nitrogens with zero attached hydrogens (tertiary/aromatic N) is 4. The van der Waals surface area contributed by atoms with Crippen LogP contribution in [0.5, 0.6) is 0 Å². The van der Waals surface area contributed by atoms with Crippen LogP contribution in [0.15, 0.2) is 30.6 Å². The Balaban J connectivity index is 2.39. The third-order valence-corrected chi connectivity index (χ3v) is 3.40. The van der Waals surface area contributed by atoms with Crippen LogP contribution >= 0.6 is 11.6 Å². The zero-order valence-electron chi connectivity index (χ0n) is 11.1. The fourth-order valence-corrected chi connectivity index (χ4v) is 2.51. The third kappa shape index (κ3) is 1.92. The molecule has 0 saturated carbocycles. The molecular formula is C14H15ClN4. The van der Waals surface area contributed by atoms with Crippen LogP contribution in [0.25, 0.3) is 16.7 Å². The highest BCUT2D eigenvalue weighted by Gasteiger charge is 2.18. The van der Waals surface area contributed by atoms with E-state index in [1.54, 1.807) is 4.68 Å². The molecule has 1 aromatic carbocycles. The van der Waals surface area contributed by atoms with Crippen molar-refractivity contribution < 1.29 is 0 Å². The second-order valence-electron chi connectivity index (χ2n) is 4.74. The van der Waals surface area contributed by atoms with Crippen LogP contribution in [0.2, 0.25) is 0 Å². The number of fused-ring (bicyclic) bond motifs is 1. The molecule has 4 nitrogen and oxygen atoms in total. The number of hydrogen-bond donors (Lipinski definition) is 0. The maximum Gasteiger partial charge on any atom is 0.132 e. The Morgan fingerprint density at radius 1 is 1.32 bits per heavy atom. The normalized spacial score (nSPS) is 13.1. The van der Waals surface area contributed by atoms with Crippen molar-refractivity contribution in [2.75, 3.05) is 0 Å². The lowest BCUT2D eigenvalue weighted by Gasteiger charge is -2.09. The second kappa shape index (κ2) is 4.38. The van der Waals surface area contributed by atoms with Crippen molar-refractivity contribution in [3.63, 3.8) is 0 Å². The highest BCUT2D eigenvalue weighted by molar-refractivity contribution is 6.20. The van der Waals surface area contributed by atoms with Gasteiger partial charge in [0, 0.05) is 13.2 Å². The third-order valence-electron chi connectivity index (χ3n) is 3.21. The molecule has 0 aliphatic rings. The van der Waals surface area contributed by atoms with Crippen LogP contribution < -0.4 is 0 Å². The van der Waals surface area contributed by atoms with Crippen molar-refractivity contribution in [1.29, 1.82) is 0 Å². The number of aryl methyl sites for hydroxylation is 2. The topological polar surface area (TPSA) is 35.6 Å². The molecule has 0 saturated heterocycles. The Labute approximate surface area is 116 Å². The average Bonchev–Trinajstić information content (AvgIpc) is 2.93. The predicted octanol–water partition coefficient (Wildman–Crippen LogP) is 3.37. The summed E-state index contributed by atoms with van der Waals surface area (Å²) in [5.41, 5.74) is 4.23. The largest absolute Gasteiger partial charge is 0.292 e. The summed E-state index contributed by atoms with van der Waals surface area (Å²) in [4.78, 5) is 4.65. The van der Waals surface area contributed by atoms with Crippen LogP contribution in [0, 0.1) is 6.92 Å². The predicted molar refractivity (Wildman–Crippen MR) is 76.8 cm³/mol. The monoisotopic (exact) mass is 274 g/mol. The molecule has 0 fully saturated rings. The lowest BCUT2D eigenvalue weighted by atomic mass is 10.2. The SMILES string of the molecule is Cc1cccc2nc(C(C)Cl)n(-c3cnn(C)c3)c12. The molecule has 3 rings (SSSR count). The summed E-state index contributed by atoms with van der Waals surface area (Å²) in [6, 6.07) is 6.11. The molecule has 1 unspecified atom stereocenters. The Morgan fingerprint density at radius 3 is 2.74 bits per heavy atom. The van der Waals surface area contributed by atoms with Gasteiger partial charge in [0.05, 0.1) is 28.3 Å². The lowest BCUT2D eigenvalue weighted by Crippen LogP contribution is -2.01. The first-order chi connectivity index (χ1) is 9.08. The van der Waals surface area contributed by atoms with E-state index in [4.69, 9.17) is 11.6 Å². The van der Waals surface area contributed by atoms with Gasteiger partial charge in [-0.3, -0.25) is 9.25 Å². The molecular weight excluding hydrogens is 260 g/mol. The van der Waals surface area contributed by atoms with Crippen LogP contribution in [-0.2, 0) is 7.05 Å². The van der Waals surface area contributed by atoms with Crippen molar-refractivity contribution in [2.24, 2.45) is 7.05 Å². The van der Waals surface area contributed by atoms with E-state index in [0.717, 1.165) is 22.5 Å². The summed E-state index contributed by atoms with van der Waals surface area (Å²) >= 11 is 6.28. The van der Waals surface area contributed by atoms with Gasteiger partial charge in [0.15, 0.2) is 0 Å². The minimum absolute atomic E-state index is 0.160. The summed E-state index contributed by atoms with van der Waals surface area (Å²) < 4.78 is 3.87. The molecule has 19 heavy (non-hydrogen) atoms. The molecule has 2 aromatic heterocycles. The molecule has 0 spiro atoms. The van der Waals surface area contributed by atoms with Crippen molar-refractivity contribution in [1.82, 2.24) is 19.3 Å². The molecule has 0 radical (unpaired) electrons. The van der Waals surface area contributed by atoms with Crippen LogP contribution in [0.3, 0.4) is 0 Å². The van der Waals surface area contributed by atoms with Gasteiger partial charge in [-0.15, -0.1) is 11.6 Å². The molecule has 98 valence electrons. The maximum atomic E-state index is 6.28. The number of alkyl halides is 1. The van der Waals surface area contributed by atoms with Crippen molar-refractivity contribution in [3.05, 3.63) is 42.0 Å². The first kappa shape index (κ1) is 12.2. The number of benzene rings is 1. The van der Waals surface area contributed by atoms with Gasteiger partial charge in [0.25, 0.3) is 0 Å². The van der Waals surface area contributed by atoms with E-state index in [0.29, 0.717) is 0 Å². The minimum Gasteiger partial charge on any atom is -0.292 e. The smallest absolute Gasteiger partial charge is 0.132 e. The summed E-state index contributed by atoms with van der Waals surface area (Å²) in [5, 5.41) is 4.07. The van der Waals surface area contributed by atoms with E-state index in [-0.39, 0.29) is 5.38 Å². The Bertz CT molecular complexity index is 739. The highest BCUT2D eigenvalue weighted by atomic mass is 35.5. The van der Waals surface area contributed by atoms with Crippen molar-refractivity contribution in [3.8, 4) is 5.69 Å². The van der Waals surface area contributed by atoms with E-state index < -0.39 is 0 Å². The Hall–Kier alpha value is -1.81. The fourth-order valence-electron chi connectivity index (χ4n) is 2.36. The van der Waals surface area contributed by atoms with E-state index in [2.05, 4.69) is 27.6 Å². The summed E-state index contributed by atoms with van der Waals surface area (Å²) in [6.07, 6.45) is 3.80. The zero-order valence-corrected chi connectivity index (χ0v) is 11.9. The first-order valence-electron chi connectivity index (χ1n) is 6.19. The van der Waals surface area contributed by atoms with Crippen LogP contribution in [-0.4, -0.2) is 19.3 Å². The zero-order chi connectivity index (χ0) is 13.6. The van der Waals surface area contributed by atoms with Crippen molar-refractivity contribution in [2.45, 2.75) is 19.2 Å². The molecule has 2 heterocycles. The van der Waals surface area contributed by atoms with E-state index in [1.165, 1.54) is 5.56 Å². The molecule has 0 amide bonds. The molecule has 0 N–H and O–H groups in total. The van der Waals surface area contributed by atoms with Gasteiger partial charge >= 0.3 is 0 Å². The van der Waals surface area contributed by atoms with Crippen LogP contribution in [0.1, 0.15) is 23.7 Å². The Kier molecular flexibility index (Phi) is 2.82. The van der Waals surface area contributed by atoms with Gasteiger partial charge < -0.3 is 0 Å². The number of hydrogen-bond acceptors (Lipinski definition) is 2. The van der Waals surface area contributed by atoms with E-state index in [1.807, 2.05) is 38.5 Å². The van der Waals surface area contributed by atoms with E-state index in [9.17, 15) is 0 Å². The highest BCUT2D eigenvalue weighted by Crippen LogP contribution is 2.29. The second-order valence-corrected chi connectivity index (χ2v) is 5.39. The molecule has 1 atom stereocenters. The number of aromatic nitrogens is 4. The lowest BCUT2D eigenvalue weighted by molar-refractivity contribution is 0.766. The molecule has 3 aromatic rings. The van der Waals surface area contributed by atoms with Gasteiger partial charge in [-0.1, -0.05) is 12.1 Å². The molecule has 0 aliphatic heterocycles. The number of para-hydroxylation sites is 1. The van der Waals surface area contributed by atoms with Gasteiger partial charge in [-0.25, -0.2) is 4.98 Å².